The SMILES string of the molecule is COC(=O)N[C@H](C(=O)N1CCC[C@H]1c1ncc(-c2ccc(C)c3cc[nH]c23)[nH]1)C(C)C.Cc1ccc(-c2cnc([C@@H]3CCCN3C(=O)OC(C)(C)C)[nH]2)c2ccccc12.O=S(=O)(Cc1ccccc1)N1CCC[C@H]1c1ncc(-c2ccc(-c3ccc(-c4cnc([C@@H]5CCCN5S(=O)(=O)Cc5ccccc5)[nH]4)c4ccccc34)cc2)[nH]1. The van der Waals surface area contributed by atoms with Crippen LogP contribution in [0.5, 0.6) is 0 Å². The number of nitrogens with one attached hydrogen (secondary N) is 6. The molecule has 6 N–H and O–H groups in total. The van der Waals surface area contributed by atoms with Crippen molar-refractivity contribution in [2.24, 2.45) is 5.92 Å². The molecular formula is C90H98N14O9S2. The molecule has 17 rings (SSSR count). The van der Waals surface area contributed by atoms with E-state index in [2.05, 4.69) is 162 Å². The first kappa shape index (κ1) is 78.8. The summed E-state index contributed by atoms with van der Waals surface area (Å²) in [6.45, 7) is 16.0. The number of hydrogen-bond donors (Lipinski definition) is 6. The van der Waals surface area contributed by atoms with Gasteiger partial charge in [0.15, 0.2) is 0 Å². The van der Waals surface area contributed by atoms with Crippen molar-refractivity contribution in [3.63, 3.8) is 0 Å². The topological polar surface area (TPSA) is 293 Å². The average molecular weight is 1580 g/mol. The Kier molecular flexibility index (Phi) is 22.9. The molecule has 4 aliphatic heterocycles. The molecule has 4 fully saturated rings. The fourth-order valence-corrected chi connectivity index (χ4v) is 20.2. The van der Waals surface area contributed by atoms with Crippen molar-refractivity contribution in [3.05, 3.63) is 252 Å². The van der Waals surface area contributed by atoms with Crippen LogP contribution in [0.3, 0.4) is 0 Å². The van der Waals surface area contributed by atoms with Crippen molar-refractivity contribution in [1.29, 1.82) is 0 Å². The Morgan fingerprint density at radius 3 is 1.41 bits per heavy atom. The van der Waals surface area contributed by atoms with Gasteiger partial charge in [0.05, 0.1) is 95.9 Å². The van der Waals surface area contributed by atoms with Crippen LogP contribution in [0.15, 0.2) is 207 Å². The number of imidazole rings is 4. The maximum atomic E-state index is 13.5. The number of benzene rings is 8. The maximum Gasteiger partial charge on any atom is 0.410 e. The van der Waals surface area contributed by atoms with Crippen LogP contribution in [0.1, 0.15) is 156 Å². The number of fused-ring (bicyclic) bond motifs is 3. The number of carbonyl (C=O) groups excluding carboxylic acids is 3. The van der Waals surface area contributed by atoms with Gasteiger partial charge in [0.2, 0.25) is 26.0 Å². The van der Waals surface area contributed by atoms with Crippen molar-refractivity contribution >= 4 is 70.6 Å². The number of nitrogens with zero attached hydrogens (tertiary/aromatic N) is 8. The number of ether oxygens (including phenoxy) is 2. The van der Waals surface area contributed by atoms with Gasteiger partial charge >= 0.3 is 12.2 Å². The number of carbonyl (C=O) groups is 3. The summed E-state index contributed by atoms with van der Waals surface area (Å²) in [5.41, 5.74) is 14.4. The number of rotatable bonds is 18. The van der Waals surface area contributed by atoms with Crippen molar-refractivity contribution in [3.8, 4) is 56.2 Å². The number of likely N-dealkylation sites (tertiary alicyclic amines) is 2. The number of hydrogen-bond acceptors (Lipinski definition) is 13. The van der Waals surface area contributed by atoms with Crippen LogP contribution >= 0.6 is 0 Å². The number of amides is 3. The van der Waals surface area contributed by atoms with Gasteiger partial charge < -0.3 is 44.6 Å². The fourth-order valence-electron chi connectivity index (χ4n) is 16.6. The molecule has 0 unspecified atom stereocenters. The first-order chi connectivity index (χ1) is 55.5. The third-order valence-corrected chi connectivity index (χ3v) is 26.0. The molecule has 0 bridgehead atoms. The molecule has 0 saturated carbocycles. The first-order valence-electron chi connectivity index (χ1n) is 39.6. The lowest BCUT2D eigenvalue weighted by atomic mass is 9.93. The average Bonchev–Trinajstić information content (AvgIpc) is 1.55. The number of aryl methyl sites for hydroxylation is 2. The molecule has 25 heteroatoms. The molecule has 8 aromatic carbocycles. The highest BCUT2D eigenvalue weighted by Gasteiger charge is 2.41. The zero-order valence-corrected chi connectivity index (χ0v) is 67.7. The first-order valence-corrected chi connectivity index (χ1v) is 42.8. The molecule has 9 heterocycles. The molecule has 0 radical (unpaired) electrons. The van der Waals surface area contributed by atoms with E-state index in [0.29, 0.717) is 44.2 Å². The van der Waals surface area contributed by atoms with Gasteiger partial charge in [-0.1, -0.05) is 184 Å². The highest BCUT2D eigenvalue weighted by Crippen LogP contribution is 2.42. The predicted octanol–water partition coefficient (Wildman–Crippen LogP) is 18.1. The summed E-state index contributed by atoms with van der Waals surface area (Å²) < 4.78 is 67.4. The fraction of sp³-hybridized carbons (Fsp3) is 0.322. The molecule has 0 aliphatic carbocycles. The Hall–Kier alpha value is -11.5. The summed E-state index contributed by atoms with van der Waals surface area (Å²) >= 11 is 0. The lowest BCUT2D eigenvalue weighted by Crippen LogP contribution is -2.51. The zero-order chi connectivity index (χ0) is 80.3. The summed E-state index contributed by atoms with van der Waals surface area (Å²) in [5, 5.41) is 8.45. The van der Waals surface area contributed by atoms with E-state index in [-0.39, 0.29) is 53.6 Å². The van der Waals surface area contributed by atoms with Crippen LogP contribution in [0, 0.1) is 19.8 Å². The highest BCUT2D eigenvalue weighted by molar-refractivity contribution is 7.88. The molecule has 5 atom stereocenters. The van der Waals surface area contributed by atoms with Crippen molar-refractivity contribution in [1.82, 2.24) is 68.6 Å². The van der Waals surface area contributed by atoms with Gasteiger partial charge in [0.25, 0.3) is 0 Å². The maximum absolute atomic E-state index is 13.5. The van der Waals surface area contributed by atoms with E-state index in [1.54, 1.807) is 19.7 Å². The Bertz CT molecular complexity index is 5890. The van der Waals surface area contributed by atoms with Crippen LogP contribution in [0.4, 0.5) is 9.59 Å². The van der Waals surface area contributed by atoms with Crippen LogP contribution in [0.2, 0.25) is 0 Å². The molecule has 3 amide bonds. The van der Waals surface area contributed by atoms with Gasteiger partial charge in [-0.05, 0) is 158 Å². The quantitative estimate of drug-likeness (QED) is 0.0466. The van der Waals surface area contributed by atoms with E-state index < -0.39 is 37.8 Å². The van der Waals surface area contributed by atoms with E-state index >= 15 is 0 Å². The normalized spacial score (nSPS) is 17.7. The van der Waals surface area contributed by atoms with Crippen LogP contribution in [-0.2, 0) is 45.8 Å². The summed E-state index contributed by atoms with van der Waals surface area (Å²) in [4.78, 5) is 77.0. The number of sulfonamides is 2. The van der Waals surface area contributed by atoms with E-state index in [1.807, 2.05) is 137 Å². The lowest BCUT2D eigenvalue weighted by molar-refractivity contribution is -0.135. The second-order valence-electron chi connectivity index (χ2n) is 31.6. The molecule has 13 aromatic rings. The monoisotopic (exact) mass is 1580 g/mol. The number of alkyl carbamates (subject to hydrolysis) is 1. The lowest BCUT2D eigenvalue weighted by Gasteiger charge is -2.30. The Morgan fingerprint density at radius 2 is 0.878 bits per heavy atom. The van der Waals surface area contributed by atoms with Crippen molar-refractivity contribution in [2.75, 3.05) is 33.3 Å². The molecule has 0 spiro atoms. The third-order valence-electron chi connectivity index (χ3n) is 22.3. The van der Waals surface area contributed by atoms with Gasteiger partial charge in [0.1, 0.15) is 34.9 Å². The summed E-state index contributed by atoms with van der Waals surface area (Å²) in [6.07, 6.45) is 14.9. The second-order valence-corrected chi connectivity index (χ2v) is 35.4. The minimum absolute atomic E-state index is 0.0286. The van der Waals surface area contributed by atoms with E-state index in [1.165, 1.54) is 34.4 Å². The number of H-pyrrole nitrogens is 5. The Morgan fingerprint density at radius 1 is 0.470 bits per heavy atom. The number of aromatic amines is 5. The summed E-state index contributed by atoms with van der Waals surface area (Å²) in [5.74, 6) is 2.68. The third kappa shape index (κ3) is 17.0. The smallest absolute Gasteiger partial charge is 0.410 e. The predicted molar refractivity (Wildman–Crippen MR) is 450 cm³/mol. The van der Waals surface area contributed by atoms with E-state index in [9.17, 15) is 31.2 Å². The van der Waals surface area contributed by atoms with Gasteiger partial charge in [-0.3, -0.25) is 9.69 Å². The van der Waals surface area contributed by atoms with Gasteiger partial charge in [-0.25, -0.2) is 46.4 Å². The van der Waals surface area contributed by atoms with Crippen molar-refractivity contribution in [2.45, 2.75) is 147 Å². The Balaban J connectivity index is 0.000000149. The van der Waals surface area contributed by atoms with E-state index in [4.69, 9.17) is 14.5 Å². The minimum Gasteiger partial charge on any atom is -0.453 e. The van der Waals surface area contributed by atoms with Crippen LogP contribution in [-0.4, -0.2) is 143 Å². The summed E-state index contributed by atoms with van der Waals surface area (Å²) in [7, 11) is -5.75. The molecule has 23 nitrogen and oxygen atoms in total. The molecule has 4 saturated heterocycles. The highest BCUT2D eigenvalue weighted by atomic mass is 32.2. The van der Waals surface area contributed by atoms with E-state index in [0.717, 1.165) is 140 Å². The number of methoxy groups -OCH3 is 1. The number of aromatic nitrogens is 9. The molecular weight excluding hydrogens is 1490 g/mol. The van der Waals surface area contributed by atoms with Crippen LogP contribution < -0.4 is 5.32 Å². The van der Waals surface area contributed by atoms with Crippen molar-refractivity contribution < 1.29 is 40.7 Å². The molecule has 4 aliphatic rings. The molecule has 115 heavy (non-hydrogen) atoms. The minimum atomic E-state index is -3.53. The standard InChI is InChI=1S/C44H42N6O4S2.C23H29N5O3.C23H27N3O2/c51-55(52,29-31-11-3-1-4-12-31)49-25-9-17-41(49)43-45-27-39(47-43)34-21-19-33(20-22-34)35-23-24-38(37-16-8-7-15-36(35)37)40-28-46-44(48-40)42-18-10-26-50(42)56(53,54)30-32-13-5-2-6-14-32;1-13(2)19(27-23(30)31-4)22(29)28-11-5-6-18(28)21-25-12-17(26-21)16-8-7-14(3)15-9-10-24-20(15)16;1-15-11-12-18(17-9-6-5-8-16(15)17)19-14-24-21(25-19)20-10-7-13-26(20)22(27)28-23(2,3)4/h1-8,11-16,19-24,27-28,41-42H,9-10,17-18,25-26,29-30H2,(H,45,47)(H,46,48);7-10,12-13,18-19,24H,5-6,11H2,1-4H3,(H,25,26)(H,27,30);5-6,8-9,11-12,14,20H,7,10,13H2,1-4H3,(H,24,25)/t41-,42-;18-,19-;20-/m000/s1. The Labute approximate surface area is 670 Å². The molecule has 5 aromatic heterocycles. The molecule has 594 valence electrons. The summed E-state index contributed by atoms with van der Waals surface area (Å²) in [6, 6.07) is 56.9. The van der Waals surface area contributed by atoms with Crippen LogP contribution in [0.25, 0.3) is 88.6 Å². The zero-order valence-electron chi connectivity index (χ0n) is 66.1. The second kappa shape index (κ2) is 33.5. The van der Waals surface area contributed by atoms with Gasteiger partial charge in [0, 0.05) is 54.5 Å². The van der Waals surface area contributed by atoms with Gasteiger partial charge in [-0.15, -0.1) is 0 Å². The van der Waals surface area contributed by atoms with Gasteiger partial charge in [-0.2, -0.15) is 8.61 Å². The largest absolute Gasteiger partial charge is 0.453 e.